The molecular weight excluding hydrogens is 252 g/mol. The average molecular weight is 268 g/mol. The van der Waals surface area contributed by atoms with Crippen LogP contribution in [0.1, 0.15) is 21.7 Å². The van der Waals surface area contributed by atoms with Gasteiger partial charge < -0.3 is 11.1 Å². The molecule has 1 aromatic heterocycles. The minimum Gasteiger partial charge on any atom is -0.321 e. The molecule has 102 valence electrons. The van der Waals surface area contributed by atoms with Gasteiger partial charge in [-0.3, -0.25) is 9.48 Å². The maximum atomic E-state index is 12.1. The third-order valence-electron chi connectivity index (χ3n) is 2.69. The van der Waals surface area contributed by atoms with Crippen LogP contribution in [-0.2, 0) is 7.05 Å². The number of carbonyl (C=O) groups excluding carboxylic acids is 1. The Morgan fingerprint density at radius 3 is 2.90 bits per heavy atom. The van der Waals surface area contributed by atoms with Crippen molar-refractivity contribution in [3.8, 4) is 11.8 Å². The van der Waals surface area contributed by atoms with Crippen LogP contribution in [0.4, 0.5) is 5.69 Å². The van der Waals surface area contributed by atoms with Crippen molar-refractivity contribution < 1.29 is 4.79 Å². The molecular formula is C15H16N4O. The fourth-order valence-electron chi connectivity index (χ4n) is 1.85. The molecule has 0 saturated carbocycles. The van der Waals surface area contributed by atoms with Crippen LogP contribution in [0.2, 0.25) is 0 Å². The zero-order valence-electron chi connectivity index (χ0n) is 11.5. The molecule has 5 nitrogen and oxygen atoms in total. The number of hydrogen-bond donors (Lipinski definition) is 2. The molecule has 2 aromatic rings. The van der Waals surface area contributed by atoms with Crippen LogP contribution in [0.15, 0.2) is 30.3 Å². The molecule has 0 spiro atoms. The minimum atomic E-state index is -0.197. The Hall–Kier alpha value is -2.58. The minimum absolute atomic E-state index is 0.197. The zero-order valence-corrected chi connectivity index (χ0v) is 11.5. The third-order valence-corrected chi connectivity index (χ3v) is 2.69. The number of benzene rings is 1. The Morgan fingerprint density at radius 1 is 1.45 bits per heavy atom. The monoisotopic (exact) mass is 268 g/mol. The first kappa shape index (κ1) is 13.8. The summed E-state index contributed by atoms with van der Waals surface area (Å²) in [6.45, 7) is 2.16. The summed E-state index contributed by atoms with van der Waals surface area (Å²) in [6.07, 6.45) is 0. The summed E-state index contributed by atoms with van der Waals surface area (Å²) in [7, 11) is 1.74. The van der Waals surface area contributed by atoms with Gasteiger partial charge in [-0.25, -0.2) is 0 Å². The normalized spacial score (nSPS) is 9.75. The van der Waals surface area contributed by atoms with Gasteiger partial charge >= 0.3 is 0 Å². The Labute approximate surface area is 117 Å². The van der Waals surface area contributed by atoms with Gasteiger partial charge in [0.15, 0.2) is 0 Å². The standard InChI is InChI=1S/C15H16N4O/c1-11-9-14(19(2)18-11)15(20)17-13-7-3-5-12(10-13)6-4-8-16/h3,5,7,9-10H,8,16H2,1-2H3,(H,17,20). The van der Waals surface area contributed by atoms with Crippen LogP contribution in [-0.4, -0.2) is 22.2 Å². The number of nitrogens with two attached hydrogens (primary N) is 1. The first-order chi connectivity index (χ1) is 9.60. The van der Waals surface area contributed by atoms with Gasteiger partial charge in [0.05, 0.1) is 12.2 Å². The highest BCUT2D eigenvalue weighted by Crippen LogP contribution is 2.12. The van der Waals surface area contributed by atoms with Crippen LogP contribution >= 0.6 is 0 Å². The number of anilines is 1. The summed E-state index contributed by atoms with van der Waals surface area (Å²) in [6, 6.07) is 9.07. The number of aryl methyl sites for hydroxylation is 2. The Morgan fingerprint density at radius 2 is 2.25 bits per heavy atom. The second-order valence-corrected chi connectivity index (χ2v) is 4.34. The van der Waals surface area contributed by atoms with E-state index in [0.29, 0.717) is 17.9 Å². The lowest BCUT2D eigenvalue weighted by Crippen LogP contribution is -2.16. The molecule has 5 heteroatoms. The van der Waals surface area contributed by atoms with Crippen molar-refractivity contribution in [2.75, 3.05) is 11.9 Å². The van der Waals surface area contributed by atoms with E-state index in [1.165, 1.54) is 0 Å². The highest BCUT2D eigenvalue weighted by atomic mass is 16.2. The molecule has 0 aliphatic carbocycles. The van der Waals surface area contributed by atoms with Gasteiger partial charge in [-0.05, 0) is 31.2 Å². The molecule has 1 aromatic carbocycles. The molecule has 0 aliphatic rings. The van der Waals surface area contributed by atoms with Crippen molar-refractivity contribution in [2.24, 2.45) is 12.8 Å². The fourth-order valence-corrected chi connectivity index (χ4v) is 1.85. The van der Waals surface area contributed by atoms with E-state index in [4.69, 9.17) is 5.73 Å². The topological polar surface area (TPSA) is 72.9 Å². The van der Waals surface area contributed by atoms with Gasteiger partial charge in [0.1, 0.15) is 5.69 Å². The maximum Gasteiger partial charge on any atom is 0.273 e. The number of rotatable bonds is 2. The second kappa shape index (κ2) is 6.04. The van der Waals surface area contributed by atoms with Gasteiger partial charge in [0, 0.05) is 18.3 Å². The lowest BCUT2D eigenvalue weighted by molar-refractivity contribution is 0.101. The quantitative estimate of drug-likeness (QED) is 0.806. The summed E-state index contributed by atoms with van der Waals surface area (Å²) in [5, 5.41) is 6.98. The molecule has 0 saturated heterocycles. The van der Waals surface area contributed by atoms with Crippen molar-refractivity contribution in [3.05, 3.63) is 47.3 Å². The van der Waals surface area contributed by atoms with E-state index in [-0.39, 0.29) is 5.91 Å². The molecule has 0 fully saturated rings. The highest BCUT2D eigenvalue weighted by molar-refractivity contribution is 6.03. The predicted molar refractivity (Wildman–Crippen MR) is 78.3 cm³/mol. The fraction of sp³-hybridized carbons (Fsp3) is 0.200. The van der Waals surface area contributed by atoms with Gasteiger partial charge in [0.2, 0.25) is 0 Å². The Kier molecular flexibility index (Phi) is 4.18. The van der Waals surface area contributed by atoms with Crippen LogP contribution in [0.5, 0.6) is 0 Å². The molecule has 20 heavy (non-hydrogen) atoms. The van der Waals surface area contributed by atoms with Crippen LogP contribution < -0.4 is 11.1 Å². The number of amides is 1. The number of hydrogen-bond acceptors (Lipinski definition) is 3. The lowest BCUT2D eigenvalue weighted by Gasteiger charge is -2.05. The maximum absolute atomic E-state index is 12.1. The number of carbonyl (C=O) groups is 1. The largest absolute Gasteiger partial charge is 0.321 e. The number of nitrogens with one attached hydrogen (secondary N) is 1. The summed E-state index contributed by atoms with van der Waals surface area (Å²) in [4.78, 5) is 12.1. The van der Waals surface area contributed by atoms with E-state index in [1.54, 1.807) is 17.8 Å². The van der Waals surface area contributed by atoms with Crippen LogP contribution in [0, 0.1) is 18.8 Å². The Balaban J connectivity index is 2.17. The molecule has 1 amide bonds. The zero-order chi connectivity index (χ0) is 14.5. The van der Waals surface area contributed by atoms with Crippen LogP contribution in [0.25, 0.3) is 0 Å². The number of aromatic nitrogens is 2. The van der Waals surface area contributed by atoms with E-state index in [2.05, 4.69) is 22.3 Å². The molecule has 0 aliphatic heterocycles. The first-order valence-electron chi connectivity index (χ1n) is 6.21. The van der Waals surface area contributed by atoms with Gasteiger partial charge in [-0.2, -0.15) is 5.10 Å². The second-order valence-electron chi connectivity index (χ2n) is 4.34. The van der Waals surface area contributed by atoms with E-state index in [9.17, 15) is 4.79 Å². The Bertz CT molecular complexity index is 691. The molecule has 3 N–H and O–H groups in total. The molecule has 0 bridgehead atoms. The van der Waals surface area contributed by atoms with Gasteiger partial charge in [-0.1, -0.05) is 17.9 Å². The van der Waals surface area contributed by atoms with Crippen molar-refractivity contribution >= 4 is 11.6 Å². The summed E-state index contributed by atoms with van der Waals surface area (Å²) in [5.41, 5.74) is 8.16. The van der Waals surface area contributed by atoms with E-state index in [0.717, 1.165) is 11.3 Å². The molecule has 0 unspecified atom stereocenters. The highest BCUT2D eigenvalue weighted by Gasteiger charge is 2.11. The van der Waals surface area contributed by atoms with Crippen LogP contribution in [0.3, 0.4) is 0 Å². The summed E-state index contributed by atoms with van der Waals surface area (Å²) < 4.78 is 1.56. The summed E-state index contributed by atoms with van der Waals surface area (Å²) >= 11 is 0. The average Bonchev–Trinajstić information content (AvgIpc) is 2.76. The van der Waals surface area contributed by atoms with Gasteiger partial charge in [-0.15, -0.1) is 0 Å². The van der Waals surface area contributed by atoms with Crippen molar-refractivity contribution in [2.45, 2.75) is 6.92 Å². The van der Waals surface area contributed by atoms with E-state index in [1.807, 2.05) is 31.2 Å². The van der Waals surface area contributed by atoms with Crippen molar-refractivity contribution in [3.63, 3.8) is 0 Å². The first-order valence-corrected chi connectivity index (χ1v) is 6.21. The molecule has 2 rings (SSSR count). The van der Waals surface area contributed by atoms with E-state index < -0.39 is 0 Å². The molecule has 1 heterocycles. The van der Waals surface area contributed by atoms with E-state index >= 15 is 0 Å². The van der Waals surface area contributed by atoms with Crippen molar-refractivity contribution in [1.29, 1.82) is 0 Å². The summed E-state index contributed by atoms with van der Waals surface area (Å²) in [5.74, 6) is 5.51. The smallest absolute Gasteiger partial charge is 0.273 e. The van der Waals surface area contributed by atoms with Gasteiger partial charge in [0.25, 0.3) is 5.91 Å². The molecule has 0 atom stereocenters. The molecule has 0 radical (unpaired) electrons. The number of nitrogens with zero attached hydrogens (tertiary/aromatic N) is 2. The third kappa shape index (κ3) is 3.25. The SMILES string of the molecule is Cc1cc(C(=O)Nc2cccc(C#CCN)c2)n(C)n1. The van der Waals surface area contributed by atoms with Crippen molar-refractivity contribution in [1.82, 2.24) is 9.78 Å². The predicted octanol–water partition coefficient (Wildman–Crippen LogP) is 1.29. The lowest BCUT2D eigenvalue weighted by atomic mass is 10.2.